The Hall–Kier alpha value is -3.46. The Bertz CT molecular complexity index is 1090. The van der Waals surface area contributed by atoms with Gasteiger partial charge in [-0.3, -0.25) is 4.79 Å². The van der Waals surface area contributed by atoms with Crippen molar-refractivity contribution in [1.29, 1.82) is 5.26 Å². The summed E-state index contributed by atoms with van der Waals surface area (Å²) in [4.78, 5) is 17.0. The predicted octanol–water partition coefficient (Wildman–Crippen LogP) is 4.38. The molecule has 0 saturated heterocycles. The Balaban J connectivity index is 1.86. The first-order valence-corrected chi connectivity index (χ1v) is 8.81. The molecule has 6 heteroatoms. The van der Waals surface area contributed by atoms with Gasteiger partial charge in [0.15, 0.2) is 6.61 Å². The summed E-state index contributed by atoms with van der Waals surface area (Å²) < 4.78 is 20.7. The highest BCUT2D eigenvalue weighted by molar-refractivity contribution is 5.98. The molecule has 0 aliphatic carbocycles. The second kappa shape index (κ2) is 7.65. The molecule has 5 nitrogen and oxygen atoms in total. The topological polar surface area (TPSA) is 67.9 Å². The number of Topliss-reactive ketones (excluding diaryl/α,β-unsaturated/α-hetero) is 1. The van der Waals surface area contributed by atoms with Crippen LogP contribution in [0.4, 0.5) is 4.39 Å². The second-order valence-electron chi connectivity index (χ2n) is 6.68. The van der Waals surface area contributed by atoms with Gasteiger partial charge in [0, 0.05) is 28.3 Å². The highest BCUT2D eigenvalue weighted by atomic mass is 19.1. The lowest BCUT2D eigenvalue weighted by Crippen LogP contribution is -2.14. The normalized spacial score (nSPS) is 10.6. The van der Waals surface area contributed by atoms with Crippen molar-refractivity contribution < 1.29 is 13.9 Å². The van der Waals surface area contributed by atoms with E-state index < -0.39 is 0 Å². The van der Waals surface area contributed by atoms with E-state index in [4.69, 9.17) is 4.74 Å². The van der Waals surface area contributed by atoms with Crippen LogP contribution in [-0.4, -0.2) is 21.9 Å². The van der Waals surface area contributed by atoms with Gasteiger partial charge in [-0.25, -0.2) is 9.37 Å². The number of nitrogens with zero attached hydrogens (tertiary/aromatic N) is 3. The molecule has 0 unspecified atom stereocenters. The van der Waals surface area contributed by atoms with Crippen LogP contribution in [0.3, 0.4) is 0 Å². The lowest BCUT2D eigenvalue weighted by molar-refractivity contribution is 0.0917. The highest BCUT2D eigenvalue weighted by Gasteiger charge is 2.19. The van der Waals surface area contributed by atoms with Gasteiger partial charge >= 0.3 is 0 Å². The van der Waals surface area contributed by atoms with E-state index in [1.54, 1.807) is 38.1 Å². The maximum Gasteiger partial charge on any atom is 0.232 e. The first-order chi connectivity index (χ1) is 13.3. The quantitative estimate of drug-likeness (QED) is 0.619. The Morgan fingerprint density at radius 1 is 1.18 bits per heavy atom. The van der Waals surface area contributed by atoms with Crippen molar-refractivity contribution in [1.82, 2.24) is 9.55 Å². The van der Waals surface area contributed by atoms with E-state index in [0.717, 1.165) is 22.6 Å². The second-order valence-corrected chi connectivity index (χ2v) is 6.68. The molecular weight excluding hydrogens is 357 g/mol. The molecule has 0 spiro atoms. The fraction of sp³-hybridized carbons (Fsp3) is 0.227. The molecule has 28 heavy (non-hydrogen) atoms. The number of carbonyl (C=O) groups is 1. The van der Waals surface area contributed by atoms with Gasteiger partial charge in [-0.15, -0.1) is 0 Å². The average Bonchev–Trinajstić information content (AvgIpc) is 2.94. The van der Waals surface area contributed by atoms with Crippen LogP contribution in [0.1, 0.15) is 38.6 Å². The van der Waals surface area contributed by atoms with Gasteiger partial charge in [0.2, 0.25) is 11.7 Å². The number of aryl methyl sites for hydroxylation is 3. The molecule has 0 radical (unpaired) electrons. The summed E-state index contributed by atoms with van der Waals surface area (Å²) in [6.07, 6.45) is 0. The minimum atomic E-state index is -0.315. The molecule has 0 aliphatic heterocycles. The molecular formula is C22H20FN3O2. The van der Waals surface area contributed by atoms with Crippen molar-refractivity contribution in [2.75, 3.05) is 6.61 Å². The third-order valence-corrected chi connectivity index (χ3v) is 4.58. The third-order valence-electron chi connectivity index (χ3n) is 4.58. The molecule has 0 amide bonds. The van der Waals surface area contributed by atoms with Gasteiger partial charge in [-0.2, -0.15) is 5.26 Å². The first-order valence-electron chi connectivity index (χ1n) is 8.81. The Labute approximate surface area is 163 Å². The summed E-state index contributed by atoms with van der Waals surface area (Å²) in [6, 6.07) is 11.7. The van der Waals surface area contributed by atoms with Crippen LogP contribution < -0.4 is 4.74 Å². The highest BCUT2D eigenvalue weighted by Crippen LogP contribution is 2.23. The van der Waals surface area contributed by atoms with Crippen LogP contribution in [-0.2, 0) is 0 Å². The minimum Gasteiger partial charge on any atom is -0.468 e. The van der Waals surface area contributed by atoms with E-state index >= 15 is 0 Å². The van der Waals surface area contributed by atoms with Crippen molar-refractivity contribution >= 4 is 5.78 Å². The van der Waals surface area contributed by atoms with E-state index in [2.05, 4.69) is 11.1 Å². The molecule has 2 heterocycles. The van der Waals surface area contributed by atoms with Crippen LogP contribution in [0, 0.1) is 44.8 Å². The molecule has 0 N–H and O–H groups in total. The van der Waals surface area contributed by atoms with Crippen molar-refractivity contribution in [3.63, 3.8) is 0 Å². The summed E-state index contributed by atoms with van der Waals surface area (Å²) >= 11 is 0. The van der Waals surface area contributed by atoms with Crippen LogP contribution >= 0.6 is 0 Å². The van der Waals surface area contributed by atoms with Gasteiger partial charge < -0.3 is 9.30 Å². The van der Waals surface area contributed by atoms with Gasteiger partial charge in [0.25, 0.3) is 0 Å². The SMILES string of the molecule is Cc1cc(C)c(C#N)c(OCC(=O)c2cc(C)n(-c3ccc(F)cc3)c2C)n1. The summed E-state index contributed by atoms with van der Waals surface area (Å²) in [5.41, 5.74) is 4.70. The average molecular weight is 377 g/mol. The van der Waals surface area contributed by atoms with Crippen LogP contribution in [0.2, 0.25) is 0 Å². The number of carbonyl (C=O) groups excluding carboxylic acids is 1. The molecule has 2 aromatic heterocycles. The van der Waals surface area contributed by atoms with Gasteiger partial charge in [-0.1, -0.05) is 0 Å². The van der Waals surface area contributed by atoms with Gasteiger partial charge in [0.1, 0.15) is 17.4 Å². The zero-order valence-electron chi connectivity index (χ0n) is 16.2. The number of aromatic nitrogens is 2. The molecule has 3 rings (SSSR count). The molecule has 0 saturated carbocycles. The van der Waals surface area contributed by atoms with Crippen molar-refractivity contribution in [2.45, 2.75) is 27.7 Å². The fourth-order valence-electron chi connectivity index (χ4n) is 3.29. The molecule has 3 aromatic rings. The smallest absolute Gasteiger partial charge is 0.232 e. The maximum absolute atomic E-state index is 13.2. The number of nitriles is 1. The van der Waals surface area contributed by atoms with Crippen LogP contribution in [0.15, 0.2) is 36.4 Å². The maximum atomic E-state index is 13.2. The number of ketones is 1. The molecule has 142 valence electrons. The molecule has 0 bridgehead atoms. The molecule has 0 atom stereocenters. The number of halogens is 1. The Morgan fingerprint density at radius 2 is 1.86 bits per heavy atom. The Morgan fingerprint density at radius 3 is 2.50 bits per heavy atom. The minimum absolute atomic E-state index is 0.167. The molecule has 1 aromatic carbocycles. The third kappa shape index (κ3) is 3.65. The summed E-state index contributed by atoms with van der Waals surface area (Å²) in [6.45, 7) is 7.10. The summed E-state index contributed by atoms with van der Waals surface area (Å²) in [5.74, 6) is -0.364. The van der Waals surface area contributed by atoms with E-state index in [1.165, 1.54) is 12.1 Å². The van der Waals surface area contributed by atoms with Gasteiger partial charge in [0.05, 0.1) is 0 Å². The molecule has 0 aliphatic rings. The first kappa shape index (κ1) is 19.3. The van der Waals surface area contributed by atoms with Crippen LogP contribution in [0.5, 0.6) is 5.88 Å². The number of ether oxygens (including phenoxy) is 1. The van der Waals surface area contributed by atoms with Gasteiger partial charge in [-0.05, 0) is 69.7 Å². The van der Waals surface area contributed by atoms with Crippen LogP contribution in [0.25, 0.3) is 5.69 Å². The van der Waals surface area contributed by atoms with E-state index in [0.29, 0.717) is 16.8 Å². The van der Waals surface area contributed by atoms with Crippen molar-refractivity contribution in [3.05, 3.63) is 76.0 Å². The lowest BCUT2D eigenvalue weighted by atomic mass is 10.1. The monoisotopic (exact) mass is 377 g/mol. The van der Waals surface area contributed by atoms with E-state index in [1.807, 2.05) is 18.4 Å². The number of hydrogen-bond acceptors (Lipinski definition) is 4. The molecule has 0 fully saturated rings. The number of benzene rings is 1. The van der Waals surface area contributed by atoms with Crippen molar-refractivity contribution in [3.8, 4) is 17.6 Å². The van der Waals surface area contributed by atoms with E-state index in [-0.39, 0.29) is 24.1 Å². The fourth-order valence-corrected chi connectivity index (χ4v) is 3.29. The predicted molar refractivity (Wildman–Crippen MR) is 103 cm³/mol. The standard InChI is InChI=1S/C22H20FN3O2/c1-13-9-14(2)25-22(20(13)11-24)28-12-21(27)19-10-15(3)26(16(19)4)18-7-5-17(23)6-8-18/h5-10H,12H2,1-4H3. The van der Waals surface area contributed by atoms with Crippen molar-refractivity contribution in [2.24, 2.45) is 0 Å². The number of rotatable bonds is 5. The summed E-state index contributed by atoms with van der Waals surface area (Å²) in [5, 5.41) is 9.32. The Kier molecular flexibility index (Phi) is 5.27. The summed E-state index contributed by atoms with van der Waals surface area (Å²) in [7, 11) is 0. The zero-order valence-corrected chi connectivity index (χ0v) is 16.2. The number of hydrogen-bond donors (Lipinski definition) is 0. The van der Waals surface area contributed by atoms with E-state index in [9.17, 15) is 14.4 Å². The number of pyridine rings is 1. The lowest BCUT2D eigenvalue weighted by Gasteiger charge is -2.11. The largest absolute Gasteiger partial charge is 0.468 e. The zero-order chi connectivity index (χ0) is 20.4.